The number of halogens is 1. The highest BCUT2D eigenvalue weighted by Crippen LogP contribution is 2.32. The van der Waals surface area contributed by atoms with Crippen LogP contribution in [0.15, 0.2) is 29.1 Å². The van der Waals surface area contributed by atoms with Gasteiger partial charge in [-0.25, -0.2) is 4.39 Å². The Kier molecular flexibility index (Phi) is 3.67. The summed E-state index contributed by atoms with van der Waals surface area (Å²) >= 11 is 0. The summed E-state index contributed by atoms with van der Waals surface area (Å²) in [6.45, 7) is 1.63. The predicted molar refractivity (Wildman–Crippen MR) is 69.1 cm³/mol. The quantitative estimate of drug-likeness (QED) is 0.892. The van der Waals surface area contributed by atoms with E-state index in [4.69, 9.17) is 10.5 Å². The Morgan fingerprint density at radius 3 is 2.35 bits per heavy atom. The normalized spacial score (nSPS) is 11.8. The van der Waals surface area contributed by atoms with Gasteiger partial charge in [0.2, 0.25) is 0 Å². The minimum Gasteiger partial charge on any atom is -0.302 e. The first kappa shape index (κ1) is 13.6. The lowest BCUT2D eigenvalue weighted by Crippen LogP contribution is -2.20. The number of hydrogen-bond donors (Lipinski definition) is 2. The number of nitrogens with one attached hydrogen (secondary N) is 2. The molecule has 0 amide bonds. The van der Waals surface area contributed by atoms with Gasteiger partial charge >= 0.3 is 0 Å². The van der Waals surface area contributed by atoms with Crippen molar-refractivity contribution in [3.8, 4) is 12.1 Å². The summed E-state index contributed by atoms with van der Waals surface area (Å²) in [5.74, 6) is -2.63. The van der Waals surface area contributed by atoms with Crippen molar-refractivity contribution in [2.75, 3.05) is 0 Å². The first-order valence-corrected chi connectivity index (χ1v) is 5.91. The van der Waals surface area contributed by atoms with E-state index in [1.165, 1.54) is 18.2 Å². The fourth-order valence-electron chi connectivity index (χ4n) is 2.24. The zero-order chi connectivity index (χ0) is 14.7. The van der Waals surface area contributed by atoms with Crippen LogP contribution in [0.2, 0.25) is 0 Å². The van der Waals surface area contributed by atoms with Gasteiger partial charge in [0.15, 0.2) is 0 Å². The van der Waals surface area contributed by atoms with Gasteiger partial charge in [-0.15, -0.1) is 0 Å². The molecular formula is C14H11FN4O. The van der Waals surface area contributed by atoms with Gasteiger partial charge in [0, 0.05) is 17.2 Å². The van der Waals surface area contributed by atoms with Crippen LogP contribution in [0.3, 0.4) is 0 Å². The first-order valence-electron chi connectivity index (χ1n) is 5.91. The minimum atomic E-state index is -1.15. The molecule has 100 valence electrons. The number of rotatable bonds is 3. The molecular weight excluding hydrogens is 259 g/mol. The zero-order valence-corrected chi connectivity index (χ0v) is 10.6. The molecule has 1 aromatic carbocycles. The summed E-state index contributed by atoms with van der Waals surface area (Å²) in [5.41, 5.74) is 0.405. The van der Waals surface area contributed by atoms with Crippen LogP contribution >= 0.6 is 0 Å². The van der Waals surface area contributed by atoms with Crippen molar-refractivity contribution in [1.82, 2.24) is 10.2 Å². The molecule has 2 rings (SSSR count). The van der Waals surface area contributed by atoms with E-state index in [-0.39, 0.29) is 11.1 Å². The van der Waals surface area contributed by atoms with Gasteiger partial charge in [-0.05, 0) is 18.6 Å². The Labute approximate surface area is 114 Å². The van der Waals surface area contributed by atoms with E-state index in [0.29, 0.717) is 5.69 Å². The van der Waals surface area contributed by atoms with Crippen molar-refractivity contribution in [1.29, 1.82) is 10.5 Å². The number of nitrogens with zero attached hydrogens (tertiary/aromatic N) is 2. The Morgan fingerprint density at radius 1 is 1.20 bits per heavy atom. The topological polar surface area (TPSA) is 96.2 Å². The standard InChI is InChI=1S/C14H11FN4O/c1-8-12(14(20)19-18-8)13(9(6-16)7-17)10-4-2-3-5-11(10)15/h2-5,9,13H,1H3,(H2,18,19,20)/t13-/m1/s1. The molecule has 1 atom stereocenters. The molecule has 0 unspecified atom stereocenters. The highest BCUT2D eigenvalue weighted by molar-refractivity contribution is 5.38. The summed E-state index contributed by atoms with van der Waals surface area (Å²) in [5, 5.41) is 23.2. The third kappa shape index (κ3) is 2.19. The maximum Gasteiger partial charge on any atom is 0.268 e. The average Bonchev–Trinajstić information content (AvgIpc) is 2.77. The van der Waals surface area contributed by atoms with Crippen LogP contribution in [-0.2, 0) is 0 Å². The van der Waals surface area contributed by atoms with Gasteiger partial charge in [0.25, 0.3) is 5.56 Å². The van der Waals surface area contributed by atoms with E-state index < -0.39 is 23.2 Å². The van der Waals surface area contributed by atoms with Crippen molar-refractivity contribution >= 4 is 0 Å². The summed E-state index contributed by atoms with van der Waals surface area (Å²) in [6, 6.07) is 9.49. The van der Waals surface area contributed by atoms with Crippen LogP contribution in [-0.4, -0.2) is 10.2 Å². The second-order valence-electron chi connectivity index (χ2n) is 4.35. The van der Waals surface area contributed by atoms with Crippen molar-refractivity contribution in [2.45, 2.75) is 12.8 Å². The molecule has 0 bridgehead atoms. The number of aromatic amines is 2. The highest BCUT2D eigenvalue weighted by atomic mass is 19.1. The molecule has 6 heteroatoms. The van der Waals surface area contributed by atoms with Crippen LogP contribution in [0.4, 0.5) is 4.39 Å². The van der Waals surface area contributed by atoms with E-state index in [2.05, 4.69) is 10.2 Å². The molecule has 2 N–H and O–H groups in total. The third-order valence-electron chi connectivity index (χ3n) is 3.17. The van der Waals surface area contributed by atoms with E-state index >= 15 is 0 Å². The molecule has 20 heavy (non-hydrogen) atoms. The van der Waals surface area contributed by atoms with Gasteiger partial charge < -0.3 is 5.10 Å². The van der Waals surface area contributed by atoms with Gasteiger partial charge in [0.05, 0.1) is 12.1 Å². The third-order valence-corrected chi connectivity index (χ3v) is 3.17. The van der Waals surface area contributed by atoms with Crippen LogP contribution < -0.4 is 5.56 Å². The van der Waals surface area contributed by atoms with Crippen molar-refractivity contribution in [3.63, 3.8) is 0 Å². The number of aromatic nitrogens is 2. The molecule has 5 nitrogen and oxygen atoms in total. The van der Waals surface area contributed by atoms with Gasteiger partial charge in [-0.1, -0.05) is 18.2 Å². The second-order valence-corrected chi connectivity index (χ2v) is 4.35. The first-order chi connectivity index (χ1) is 9.60. The lowest BCUT2D eigenvalue weighted by atomic mass is 9.82. The zero-order valence-electron chi connectivity index (χ0n) is 10.6. The highest BCUT2D eigenvalue weighted by Gasteiger charge is 2.31. The van der Waals surface area contributed by atoms with E-state index in [0.717, 1.165) is 0 Å². The lowest BCUT2D eigenvalue weighted by Gasteiger charge is -2.17. The SMILES string of the molecule is Cc1[nH][nH]c(=O)c1[C@@H](c1ccccc1F)C(C#N)C#N. The van der Waals surface area contributed by atoms with E-state index in [1.807, 2.05) is 12.1 Å². The fraction of sp³-hybridized carbons (Fsp3) is 0.214. The number of benzene rings is 1. The maximum absolute atomic E-state index is 14.0. The molecule has 0 fully saturated rings. The summed E-state index contributed by atoms with van der Waals surface area (Å²) < 4.78 is 14.0. The van der Waals surface area contributed by atoms with Crippen LogP contribution in [0.1, 0.15) is 22.7 Å². The van der Waals surface area contributed by atoms with E-state index in [9.17, 15) is 9.18 Å². The molecule has 2 aromatic rings. The Balaban J connectivity index is 2.71. The molecule has 1 aromatic heterocycles. The van der Waals surface area contributed by atoms with E-state index in [1.54, 1.807) is 13.0 Å². The molecule has 0 saturated carbocycles. The van der Waals surface area contributed by atoms with Crippen LogP contribution in [0, 0.1) is 41.3 Å². The maximum atomic E-state index is 14.0. The minimum absolute atomic E-state index is 0.161. The number of H-pyrrole nitrogens is 2. The second kappa shape index (κ2) is 5.41. The largest absolute Gasteiger partial charge is 0.302 e. The molecule has 0 saturated heterocycles. The summed E-state index contributed by atoms with van der Waals surface area (Å²) in [7, 11) is 0. The van der Waals surface area contributed by atoms with Gasteiger partial charge in [-0.3, -0.25) is 9.89 Å². The fourth-order valence-corrected chi connectivity index (χ4v) is 2.24. The molecule has 0 spiro atoms. The number of hydrogen-bond acceptors (Lipinski definition) is 3. The molecule has 0 radical (unpaired) electrons. The molecule has 0 aliphatic rings. The predicted octanol–water partition coefficient (Wildman–Crippen LogP) is 1.95. The summed E-state index contributed by atoms with van der Waals surface area (Å²) in [6.07, 6.45) is 0. The van der Waals surface area contributed by atoms with Crippen molar-refractivity contribution in [3.05, 3.63) is 57.3 Å². The number of aryl methyl sites for hydroxylation is 1. The Hall–Kier alpha value is -2.86. The smallest absolute Gasteiger partial charge is 0.268 e. The molecule has 1 heterocycles. The van der Waals surface area contributed by atoms with Gasteiger partial charge in [0.1, 0.15) is 11.7 Å². The van der Waals surface area contributed by atoms with Crippen LogP contribution in [0.5, 0.6) is 0 Å². The summed E-state index contributed by atoms with van der Waals surface area (Å²) in [4.78, 5) is 11.9. The molecule has 0 aliphatic heterocycles. The number of nitriles is 2. The Bertz CT molecular complexity index is 748. The van der Waals surface area contributed by atoms with Crippen LogP contribution in [0.25, 0.3) is 0 Å². The average molecular weight is 270 g/mol. The van der Waals surface area contributed by atoms with Gasteiger partial charge in [-0.2, -0.15) is 10.5 Å². The Morgan fingerprint density at radius 2 is 1.85 bits per heavy atom. The van der Waals surface area contributed by atoms with Crippen molar-refractivity contribution in [2.24, 2.45) is 5.92 Å². The molecule has 0 aliphatic carbocycles. The monoisotopic (exact) mass is 270 g/mol. The lowest BCUT2D eigenvalue weighted by molar-refractivity contribution is 0.579. The van der Waals surface area contributed by atoms with Crippen molar-refractivity contribution < 1.29 is 4.39 Å².